The number of H-pyrrole nitrogens is 1. The summed E-state index contributed by atoms with van der Waals surface area (Å²) in [7, 11) is 10.9. The number of nitrogen functional groups attached to an aromatic ring is 1. The highest BCUT2D eigenvalue weighted by Gasteiger charge is 2.56. The van der Waals surface area contributed by atoms with Crippen LogP contribution in [0.3, 0.4) is 0 Å². The second-order valence-electron chi connectivity index (χ2n) is 11.7. The van der Waals surface area contributed by atoms with Crippen LogP contribution in [0.25, 0.3) is 22.4 Å². The van der Waals surface area contributed by atoms with Crippen LogP contribution in [0.4, 0.5) is 5.69 Å². The highest BCUT2D eigenvalue weighted by Crippen LogP contribution is 2.61. The molecule has 0 radical (unpaired) electrons. The molecule has 1 aliphatic rings. The average Bonchev–Trinajstić information content (AvgIpc) is 3.35. The lowest BCUT2D eigenvalue weighted by Gasteiger charge is -2.44. The van der Waals surface area contributed by atoms with E-state index in [0.717, 1.165) is 22.3 Å². The fraction of sp³-hybridized carbons (Fsp3) is 0.500. The van der Waals surface area contributed by atoms with Crippen LogP contribution in [0.2, 0.25) is 0 Å². The summed E-state index contributed by atoms with van der Waals surface area (Å²) in [5.41, 5.74) is 11.5. The van der Waals surface area contributed by atoms with Crippen LogP contribution < -0.4 is 5.73 Å². The molecule has 0 spiro atoms. The van der Waals surface area contributed by atoms with E-state index in [0.29, 0.717) is 34.6 Å². The number of hydrogen-bond acceptors (Lipinski definition) is 4. The van der Waals surface area contributed by atoms with Gasteiger partial charge in [-0.05, 0) is 62.6 Å². The minimum Gasteiger partial charge on any atom is -0.398 e. The van der Waals surface area contributed by atoms with E-state index in [1.165, 1.54) is 17.8 Å². The quantitative estimate of drug-likeness (QED) is 0.282. The number of nitrogens with zero attached hydrogens (tertiary/aromatic N) is 1. The van der Waals surface area contributed by atoms with E-state index >= 15 is 0 Å². The zero-order valence-corrected chi connectivity index (χ0v) is 30.3. The molecule has 0 aliphatic heterocycles. The van der Waals surface area contributed by atoms with Gasteiger partial charge < -0.3 is 10.7 Å². The molecular formula is C26H35N3S9. The molecular weight excluding hydrogens is 643 g/mol. The number of nitrogens with two attached hydrogens (primary N) is 1. The molecule has 0 fully saturated rings. The Hall–Kier alpha value is -0.310. The largest absolute Gasteiger partial charge is 0.398 e. The van der Waals surface area contributed by atoms with Crippen LogP contribution in [0.5, 0.6) is 0 Å². The smallest absolute Gasteiger partial charge is 0.140 e. The van der Waals surface area contributed by atoms with Crippen molar-refractivity contribution >= 4 is 101 Å². The van der Waals surface area contributed by atoms with Crippen molar-refractivity contribution in [2.75, 3.05) is 5.73 Å². The van der Waals surface area contributed by atoms with Crippen molar-refractivity contribution in [3.63, 3.8) is 0 Å². The van der Waals surface area contributed by atoms with E-state index < -0.39 is 0 Å². The number of nitrogens with one attached hydrogen (secondary N) is 1. The van der Waals surface area contributed by atoms with Gasteiger partial charge in [-0.2, -0.15) is 0 Å². The van der Waals surface area contributed by atoms with Gasteiger partial charge in [-0.1, -0.05) is 68.4 Å². The summed E-state index contributed by atoms with van der Waals surface area (Å²) in [6.07, 6.45) is 0. The zero-order chi connectivity index (χ0) is 30.3. The fourth-order valence-electron chi connectivity index (χ4n) is 4.70. The minimum absolute atomic E-state index is 0.00793. The molecule has 3 nitrogen and oxygen atoms in total. The molecule has 0 saturated heterocycles. The summed E-state index contributed by atoms with van der Waals surface area (Å²) < 4.78 is 18.2. The van der Waals surface area contributed by atoms with Crippen molar-refractivity contribution in [3.8, 4) is 11.4 Å². The van der Waals surface area contributed by atoms with Gasteiger partial charge >= 0.3 is 0 Å². The topological polar surface area (TPSA) is 54.7 Å². The second kappa shape index (κ2) is 12.3. The SMILES string of the molecule is S=S=S=S=S=S=S=S=S.[2H]c1c2c(c([2H])c3[nH]c(-c4ccc(C(C)(C)C)cc4N)nc13)C(C)(C)C(C)(C)C2(C)C. The third-order valence-electron chi connectivity index (χ3n) is 8.16. The van der Waals surface area contributed by atoms with Gasteiger partial charge in [0.2, 0.25) is 0 Å². The lowest BCUT2D eigenvalue weighted by atomic mass is 9.59. The van der Waals surface area contributed by atoms with Crippen molar-refractivity contribution in [1.82, 2.24) is 9.97 Å². The highest BCUT2D eigenvalue weighted by atomic mass is 33.4. The number of benzene rings is 2. The molecule has 0 saturated carbocycles. The van der Waals surface area contributed by atoms with Gasteiger partial charge in [-0.3, -0.25) is 0 Å². The summed E-state index contributed by atoms with van der Waals surface area (Å²) in [4.78, 5) is 8.14. The van der Waals surface area contributed by atoms with Gasteiger partial charge in [-0.25, -0.2) is 4.98 Å². The third kappa shape index (κ3) is 6.28. The number of rotatable bonds is 1. The Kier molecular flexibility index (Phi) is 9.43. The lowest BCUT2D eigenvalue weighted by Crippen LogP contribution is -2.42. The van der Waals surface area contributed by atoms with E-state index in [9.17, 15) is 0 Å². The van der Waals surface area contributed by atoms with E-state index in [1.807, 2.05) is 12.1 Å². The Morgan fingerprint density at radius 2 is 1.39 bits per heavy atom. The first-order valence-electron chi connectivity index (χ1n) is 12.8. The van der Waals surface area contributed by atoms with Gasteiger partial charge in [0.25, 0.3) is 0 Å². The normalized spacial score (nSPS) is 17.2. The Balaban J connectivity index is 0.000000424. The average molecular weight is 680 g/mol. The van der Waals surface area contributed by atoms with Crippen molar-refractivity contribution in [2.45, 2.75) is 78.6 Å². The van der Waals surface area contributed by atoms with Crippen LogP contribution >= 0.6 is 0 Å². The maximum Gasteiger partial charge on any atom is 0.140 e. The minimum atomic E-state index is -0.251. The number of fused-ring (bicyclic) bond motifs is 2. The molecule has 2 aromatic carbocycles. The second-order valence-corrected chi connectivity index (χ2v) is 24.1. The molecule has 38 heavy (non-hydrogen) atoms. The summed E-state index contributed by atoms with van der Waals surface area (Å²) in [5, 5.41) is 0. The van der Waals surface area contributed by atoms with Gasteiger partial charge in [0.15, 0.2) is 0 Å². The van der Waals surface area contributed by atoms with Crippen LogP contribution in [0.1, 0.15) is 81.7 Å². The van der Waals surface area contributed by atoms with Gasteiger partial charge in [0.1, 0.15) is 5.82 Å². The summed E-state index contributed by atoms with van der Waals surface area (Å²) in [5.74, 6) is 0.619. The maximum absolute atomic E-state index is 9.09. The van der Waals surface area contributed by atoms with Crippen molar-refractivity contribution in [1.29, 1.82) is 0 Å². The van der Waals surface area contributed by atoms with Crippen molar-refractivity contribution in [3.05, 3.63) is 47.0 Å². The van der Waals surface area contributed by atoms with Crippen LogP contribution in [-0.2, 0) is 101 Å². The number of aromatic nitrogens is 2. The number of hydrogen-bond donors (Lipinski definition) is 2. The molecule has 4 rings (SSSR count). The molecule has 0 bridgehead atoms. The van der Waals surface area contributed by atoms with Gasteiger partial charge in [-0.15, -0.1) is 0 Å². The Bertz CT molecular complexity index is 1700. The van der Waals surface area contributed by atoms with Crippen LogP contribution in [0, 0.1) is 5.41 Å². The molecule has 0 atom stereocenters. The third-order valence-corrected chi connectivity index (χ3v) is 21.5. The van der Waals surface area contributed by atoms with E-state index in [-0.39, 0.29) is 21.7 Å². The van der Waals surface area contributed by atoms with E-state index in [2.05, 4.69) is 95.7 Å². The predicted molar refractivity (Wildman–Crippen MR) is 191 cm³/mol. The molecule has 12 heteroatoms. The highest BCUT2D eigenvalue weighted by molar-refractivity contribution is 8.72. The van der Waals surface area contributed by atoms with Gasteiger partial charge in [0, 0.05) is 95.8 Å². The number of imidazole rings is 1. The molecule has 1 aromatic heterocycles. The van der Waals surface area contributed by atoms with Gasteiger partial charge in [0.05, 0.1) is 13.8 Å². The lowest BCUT2D eigenvalue weighted by molar-refractivity contribution is 0.125. The van der Waals surface area contributed by atoms with Crippen molar-refractivity contribution in [2.24, 2.45) is 5.41 Å². The summed E-state index contributed by atoms with van der Waals surface area (Å²) in [6, 6.07) is 6.95. The maximum atomic E-state index is 9.09. The first kappa shape index (κ1) is 29.2. The number of aromatic amines is 1. The first-order chi connectivity index (χ1) is 18.4. The molecule has 0 unspecified atom stereocenters. The monoisotopic (exact) mass is 679 g/mol. The standard InChI is InChI=1S/C26H35N3.S9/c1-23(2,3)15-10-11-16(19(27)12-15)22-28-20-13-17-18(14-21(20)29-22)25(6,7)26(8,9)24(17,4)5;1-3-5-7-9-8-6-4-2/h10-14H,27H2,1-9H3,(H,28,29);/i13D,14D;. The fourth-order valence-corrected chi connectivity index (χ4v) is 18.4. The summed E-state index contributed by atoms with van der Waals surface area (Å²) in [6.45, 7) is 19.8. The zero-order valence-electron chi connectivity index (χ0n) is 24.9. The van der Waals surface area contributed by atoms with Crippen LogP contribution in [-0.4, -0.2) is 9.97 Å². The molecule has 0 amide bonds. The Morgan fingerprint density at radius 1 is 0.868 bits per heavy atom. The summed E-state index contributed by atoms with van der Waals surface area (Å²) >= 11 is 9.27. The molecule has 1 aliphatic carbocycles. The first-order valence-corrected chi connectivity index (χ1v) is 22.5. The molecule has 1 heterocycles. The van der Waals surface area contributed by atoms with E-state index in [1.54, 1.807) is 44.4 Å². The van der Waals surface area contributed by atoms with Crippen molar-refractivity contribution < 1.29 is 2.74 Å². The molecule has 208 valence electrons. The van der Waals surface area contributed by atoms with Crippen LogP contribution in [0.15, 0.2) is 30.3 Å². The molecule has 3 N–H and O–H groups in total. The molecule has 3 aromatic rings. The Labute approximate surface area is 259 Å². The number of anilines is 1. The Morgan fingerprint density at radius 3 is 1.89 bits per heavy atom. The predicted octanol–water partition coefficient (Wildman–Crippen LogP) is 6.68. The van der Waals surface area contributed by atoms with E-state index in [4.69, 9.17) is 13.5 Å².